The third-order valence-electron chi connectivity index (χ3n) is 3.75. The van der Waals surface area contributed by atoms with Crippen molar-refractivity contribution in [3.63, 3.8) is 0 Å². The van der Waals surface area contributed by atoms with E-state index < -0.39 is 17.9 Å². The second-order valence-electron chi connectivity index (χ2n) is 5.26. The summed E-state index contributed by atoms with van der Waals surface area (Å²) in [6, 6.07) is 5.00. The Morgan fingerprint density at radius 2 is 2.09 bits per heavy atom. The largest absolute Gasteiger partial charge is 0.443 e. The molecule has 1 aromatic carbocycles. The molecule has 1 heterocycles. The maximum absolute atomic E-state index is 14.6. The number of carbonyl (C=O) groups excluding carboxylic acids is 1. The molecule has 7 nitrogen and oxygen atoms in total. The van der Waals surface area contributed by atoms with E-state index >= 15 is 0 Å². The highest BCUT2D eigenvalue weighted by molar-refractivity contribution is 5.87. The molecule has 0 radical (unpaired) electrons. The molecule has 0 aliphatic carbocycles. The minimum absolute atomic E-state index is 0.220. The maximum atomic E-state index is 14.6. The van der Waals surface area contributed by atoms with Gasteiger partial charge in [0.25, 0.3) is 0 Å². The summed E-state index contributed by atoms with van der Waals surface area (Å²) in [5, 5.41) is 0. The number of benzene rings is 1. The lowest BCUT2D eigenvalue weighted by Crippen LogP contribution is -2.37. The topological polar surface area (TPSA) is 103 Å². The van der Waals surface area contributed by atoms with Gasteiger partial charge in [-0.1, -0.05) is 12.1 Å². The molecule has 1 aromatic rings. The molecule has 2 rings (SSSR count). The van der Waals surface area contributed by atoms with E-state index in [0.717, 1.165) is 12.8 Å². The maximum Gasteiger partial charge on any atom is 0.437 e. The van der Waals surface area contributed by atoms with E-state index in [9.17, 15) is 9.18 Å². The van der Waals surface area contributed by atoms with Crippen molar-refractivity contribution in [3.05, 3.63) is 29.6 Å². The second kappa shape index (κ2) is 7.77. The summed E-state index contributed by atoms with van der Waals surface area (Å²) < 4.78 is 24.7. The predicted octanol–water partition coefficient (Wildman–Crippen LogP) is 1.35. The highest BCUT2D eigenvalue weighted by Crippen LogP contribution is 2.26. The van der Waals surface area contributed by atoms with Gasteiger partial charge in [0.15, 0.2) is 11.8 Å². The number of nitrogens with zero attached hydrogens (tertiary/aromatic N) is 2. The Morgan fingerprint density at radius 1 is 1.39 bits per heavy atom. The summed E-state index contributed by atoms with van der Waals surface area (Å²) in [6.45, 7) is 1.20. The van der Waals surface area contributed by atoms with Gasteiger partial charge in [0.05, 0.1) is 11.8 Å². The number of anilines is 1. The molecule has 1 aliphatic rings. The number of methoxy groups -OCH3 is 1. The number of hydrogen-bond donors (Lipinski definition) is 2. The number of ether oxygens (including phenoxy) is 2. The molecule has 1 saturated heterocycles. The number of piperidine rings is 1. The van der Waals surface area contributed by atoms with Gasteiger partial charge in [0, 0.05) is 25.8 Å². The number of halogens is 1. The second-order valence-corrected chi connectivity index (χ2v) is 5.26. The summed E-state index contributed by atoms with van der Waals surface area (Å²) >= 11 is 0. The number of nitrogens with two attached hydrogens (primary N) is 2. The van der Waals surface area contributed by atoms with Crippen molar-refractivity contribution < 1.29 is 18.7 Å². The summed E-state index contributed by atoms with van der Waals surface area (Å²) in [6.07, 6.45) is 0.966. The quantitative estimate of drug-likeness (QED) is 0.640. The van der Waals surface area contributed by atoms with Crippen molar-refractivity contribution >= 4 is 17.7 Å². The Balaban J connectivity index is 2.04. The zero-order valence-corrected chi connectivity index (χ0v) is 13.0. The SMILES string of the molecule is COC1CCN(c2cccc(COC(=O)N=C(N)N)c2F)CC1. The Kier molecular flexibility index (Phi) is 5.75. The van der Waals surface area contributed by atoms with Crippen LogP contribution in [-0.4, -0.2) is 38.4 Å². The van der Waals surface area contributed by atoms with Gasteiger partial charge in [0.2, 0.25) is 0 Å². The fourth-order valence-electron chi connectivity index (χ4n) is 2.53. The van der Waals surface area contributed by atoms with Crippen LogP contribution >= 0.6 is 0 Å². The first-order valence-corrected chi connectivity index (χ1v) is 7.32. The summed E-state index contributed by atoms with van der Waals surface area (Å²) in [4.78, 5) is 16.5. The summed E-state index contributed by atoms with van der Waals surface area (Å²) in [5.41, 5.74) is 10.9. The molecule has 4 N–H and O–H groups in total. The number of amides is 1. The van der Waals surface area contributed by atoms with Crippen LogP contribution in [0.5, 0.6) is 0 Å². The lowest BCUT2D eigenvalue weighted by atomic mass is 10.1. The van der Waals surface area contributed by atoms with Gasteiger partial charge in [-0.2, -0.15) is 0 Å². The van der Waals surface area contributed by atoms with Crippen LogP contribution in [-0.2, 0) is 16.1 Å². The third kappa shape index (κ3) is 4.56. The predicted molar refractivity (Wildman–Crippen MR) is 84.6 cm³/mol. The number of aliphatic imine (C=N–C) groups is 1. The molecule has 1 aliphatic heterocycles. The molecule has 0 saturated carbocycles. The highest BCUT2D eigenvalue weighted by Gasteiger charge is 2.22. The van der Waals surface area contributed by atoms with Crippen LogP contribution in [0.4, 0.5) is 14.9 Å². The molecular formula is C15H21FN4O3. The standard InChI is InChI=1S/C15H21FN4O3/c1-22-11-5-7-20(8-6-11)12-4-2-3-10(13(12)16)9-23-15(21)19-14(17)18/h2-4,11H,5-9H2,1H3,(H4,17,18,19,21). The van der Waals surface area contributed by atoms with Gasteiger partial charge in [-0.15, -0.1) is 4.99 Å². The minimum atomic E-state index is -0.948. The van der Waals surface area contributed by atoms with Crippen LogP contribution in [0.1, 0.15) is 18.4 Å². The van der Waals surface area contributed by atoms with E-state index in [-0.39, 0.29) is 18.3 Å². The fraction of sp³-hybridized carbons (Fsp3) is 0.467. The van der Waals surface area contributed by atoms with Crippen LogP contribution in [0.2, 0.25) is 0 Å². The smallest absolute Gasteiger partial charge is 0.437 e. The van der Waals surface area contributed by atoms with Crippen LogP contribution in [0.15, 0.2) is 23.2 Å². The van der Waals surface area contributed by atoms with Crippen molar-refractivity contribution in [2.45, 2.75) is 25.6 Å². The molecule has 0 aromatic heterocycles. The van der Waals surface area contributed by atoms with Gasteiger partial charge >= 0.3 is 6.09 Å². The molecule has 0 bridgehead atoms. The molecule has 8 heteroatoms. The molecular weight excluding hydrogens is 303 g/mol. The Labute approximate surface area is 134 Å². The Hall–Kier alpha value is -2.35. The molecule has 0 unspecified atom stereocenters. The van der Waals surface area contributed by atoms with Crippen molar-refractivity contribution in [1.82, 2.24) is 0 Å². The zero-order valence-electron chi connectivity index (χ0n) is 13.0. The van der Waals surface area contributed by atoms with Gasteiger partial charge in [-0.25, -0.2) is 9.18 Å². The van der Waals surface area contributed by atoms with Crippen LogP contribution in [0.3, 0.4) is 0 Å². The summed E-state index contributed by atoms with van der Waals surface area (Å²) in [7, 11) is 1.69. The van der Waals surface area contributed by atoms with E-state index in [4.69, 9.17) is 20.9 Å². The van der Waals surface area contributed by atoms with Crippen LogP contribution in [0, 0.1) is 5.82 Å². The van der Waals surface area contributed by atoms with Gasteiger partial charge in [0.1, 0.15) is 6.61 Å². The lowest BCUT2D eigenvalue weighted by molar-refractivity contribution is 0.0818. The minimum Gasteiger partial charge on any atom is -0.443 e. The molecule has 1 amide bonds. The van der Waals surface area contributed by atoms with E-state index in [1.807, 2.05) is 4.90 Å². The van der Waals surface area contributed by atoms with Gasteiger partial charge in [-0.05, 0) is 18.9 Å². The summed E-state index contributed by atoms with van der Waals surface area (Å²) in [5.74, 6) is -0.800. The van der Waals surface area contributed by atoms with E-state index in [1.165, 1.54) is 0 Å². The van der Waals surface area contributed by atoms with E-state index in [2.05, 4.69) is 4.99 Å². The Morgan fingerprint density at radius 3 is 2.70 bits per heavy atom. The number of guanidine groups is 1. The average Bonchev–Trinajstić information content (AvgIpc) is 2.53. The first kappa shape index (κ1) is 17.0. The number of hydrogen-bond acceptors (Lipinski definition) is 4. The molecule has 0 spiro atoms. The number of carbonyl (C=O) groups is 1. The third-order valence-corrected chi connectivity index (χ3v) is 3.75. The lowest BCUT2D eigenvalue weighted by Gasteiger charge is -2.33. The van der Waals surface area contributed by atoms with Crippen LogP contribution < -0.4 is 16.4 Å². The first-order chi connectivity index (χ1) is 11.0. The monoisotopic (exact) mass is 324 g/mol. The van der Waals surface area contributed by atoms with Crippen molar-refractivity contribution in [1.29, 1.82) is 0 Å². The molecule has 126 valence electrons. The fourth-order valence-corrected chi connectivity index (χ4v) is 2.53. The highest BCUT2D eigenvalue weighted by atomic mass is 19.1. The van der Waals surface area contributed by atoms with Gasteiger partial charge in [-0.3, -0.25) is 0 Å². The Bertz CT molecular complexity index is 582. The van der Waals surface area contributed by atoms with E-state index in [0.29, 0.717) is 18.8 Å². The normalized spacial score (nSPS) is 15.3. The molecule has 23 heavy (non-hydrogen) atoms. The van der Waals surface area contributed by atoms with Crippen molar-refractivity contribution in [2.75, 3.05) is 25.1 Å². The van der Waals surface area contributed by atoms with Gasteiger partial charge < -0.3 is 25.8 Å². The van der Waals surface area contributed by atoms with Crippen molar-refractivity contribution in [2.24, 2.45) is 16.5 Å². The van der Waals surface area contributed by atoms with E-state index in [1.54, 1.807) is 25.3 Å². The number of rotatable bonds is 4. The molecule has 0 atom stereocenters. The van der Waals surface area contributed by atoms with Crippen molar-refractivity contribution in [3.8, 4) is 0 Å². The molecule has 1 fully saturated rings. The first-order valence-electron chi connectivity index (χ1n) is 7.32. The average molecular weight is 324 g/mol. The zero-order chi connectivity index (χ0) is 16.8. The van der Waals surface area contributed by atoms with Crippen LogP contribution in [0.25, 0.3) is 0 Å².